The maximum atomic E-state index is 9.35. The molecular formula is C36H22N4. The molecule has 0 unspecified atom stereocenters. The van der Waals surface area contributed by atoms with Crippen molar-refractivity contribution in [3.63, 3.8) is 0 Å². The molecule has 0 radical (unpaired) electrons. The summed E-state index contributed by atoms with van der Waals surface area (Å²) in [5.41, 5.74) is 9.86. The van der Waals surface area contributed by atoms with Crippen molar-refractivity contribution in [1.29, 1.82) is 10.5 Å². The molecule has 0 saturated heterocycles. The van der Waals surface area contributed by atoms with Gasteiger partial charge in [0.15, 0.2) is 0 Å². The largest absolute Gasteiger partial charge is 0.309 e. The van der Waals surface area contributed by atoms with E-state index in [1.807, 2.05) is 60.7 Å². The van der Waals surface area contributed by atoms with E-state index in [0.717, 1.165) is 55.7 Å². The van der Waals surface area contributed by atoms with Crippen molar-refractivity contribution in [1.82, 2.24) is 9.13 Å². The van der Waals surface area contributed by atoms with E-state index < -0.39 is 0 Å². The quantitative estimate of drug-likeness (QED) is 0.238. The highest BCUT2D eigenvalue weighted by Gasteiger charge is 2.18. The number of hydrogen-bond donors (Lipinski definition) is 0. The van der Waals surface area contributed by atoms with Gasteiger partial charge in [-0.25, -0.2) is 0 Å². The summed E-state index contributed by atoms with van der Waals surface area (Å²) in [4.78, 5) is 0. The van der Waals surface area contributed by atoms with Crippen LogP contribution in [0.25, 0.3) is 55.7 Å². The molecule has 4 heteroatoms. The van der Waals surface area contributed by atoms with Crippen molar-refractivity contribution >= 4 is 21.8 Å². The van der Waals surface area contributed by atoms with Crippen LogP contribution in [0.5, 0.6) is 0 Å². The molecule has 0 saturated carbocycles. The van der Waals surface area contributed by atoms with Gasteiger partial charge in [-0.3, -0.25) is 0 Å². The Morgan fingerprint density at radius 1 is 0.425 bits per heavy atom. The normalized spacial score (nSPS) is 10.9. The minimum absolute atomic E-state index is 0.635. The Morgan fingerprint density at radius 2 is 0.800 bits per heavy atom. The molecule has 7 aromatic rings. The van der Waals surface area contributed by atoms with E-state index in [1.165, 1.54) is 0 Å². The molecule has 0 bridgehead atoms. The fourth-order valence-corrected chi connectivity index (χ4v) is 5.48. The highest BCUT2D eigenvalue weighted by Crippen LogP contribution is 2.38. The van der Waals surface area contributed by atoms with Crippen molar-refractivity contribution in [3.8, 4) is 46.0 Å². The molecule has 0 aliphatic carbocycles. The lowest BCUT2D eigenvalue weighted by atomic mass is 10.1. The van der Waals surface area contributed by atoms with Crippen LogP contribution in [-0.4, -0.2) is 9.13 Å². The van der Waals surface area contributed by atoms with Gasteiger partial charge in [0.05, 0.1) is 45.7 Å². The molecule has 0 N–H and O–H groups in total. The minimum atomic E-state index is 0.635. The molecule has 7 rings (SSSR count). The van der Waals surface area contributed by atoms with Crippen molar-refractivity contribution in [3.05, 3.63) is 145 Å². The van der Waals surface area contributed by atoms with Crippen LogP contribution in [0.1, 0.15) is 11.1 Å². The van der Waals surface area contributed by atoms with E-state index in [0.29, 0.717) is 11.1 Å². The van der Waals surface area contributed by atoms with E-state index in [2.05, 4.69) is 94.1 Å². The number of aromatic nitrogens is 2. The Bertz CT molecular complexity index is 1930. The highest BCUT2D eigenvalue weighted by atomic mass is 15.0. The summed E-state index contributed by atoms with van der Waals surface area (Å²) < 4.78 is 4.54. The van der Waals surface area contributed by atoms with E-state index in [4.69, 9.17) is 0 Å². The molecule has 186 valence electrons. The molecule has 0 aliphatic heterocycles. The number of benzene rings is 5. The van der Waals surface area contributed by atoms with Gasteiger partial charge >= 0.3 is 0 Å². The van der Waals surface area contributed by atoms with Gasteiger partial charge in [-0.1, -0.05) is 60.7 Å². The first-order valence-corrected chi connectivity index (χ1v) is 13.1. The molecule has 0 fully saturated rings. The molecule has 0 aliphatic rings. The molecule has 0 amide bonds. The van der Waals surface area contributed by atoms with Crippen LogP contribution < -0.4 is 0 Å². The van der Waals surface area contributed by atoms with Gasteiger partial charge in [-0.2, -0.15) is 10.5 Å². The smallest absolute Gasteiger partial charge is 0.0991 e. The average molecular weight is 511 g/mol. The van der Waals surface area contributed by atoms with Gasteiger partial charge in [0.25, 0.3) is 0 Å². The average Bonchev–Trinajstić information content (AvgIpc) is 3.59. The Labute approximate surface area is 231 Å². The second-order valence-corrected chi connectivity index (χ2v) is 9.75. The zero-order valence-corrected chi connectivity index (χ0v) is 21.5. The van der Waals surface area contributed by atoms with Crippen LogP contribution in [0.2, 0.25) is 0 Å². The summed E-state index contributed by atoms with van der Waals surface area (Å²) in [6, 6.07) is 49.7. The third kappa shape index (κ3) is 3.84. The zero-order chi connectivity index (χ0) is 27.1. The summed E-state index contributed by atoms with van der Waals surface area (Å²) in [5.74, 6) is 0. The Kier molecular flexibility index (Phi) is 5.52. The van der Waals surface area contributed by atoms with E-state index >= 15 is 0 Å². The maximum Gasteiger partial charge on any atom is 0.0991 e. The standard InChI is InChI=1S/C36H22N4/c37-23-25-11-15-31(16-12-25)39-33(27-7-3-1-4-8-27)19-29-21-36-30(22-35(29)39)20-34(28-9-5-2-6-10-28)40(36)32-17-13-26(24-38)14-18-32/h1-22H. The molecule has 40 heavy (non-hydrogen) atoms. The van der Waals surface area contributed by atoms with Crippen LogP contribution in [0.3, 0.4) is 0 Å². The SMILES string of the molecule is N#Cc1ccc(-n2c(-c3ccccc3)cc3cc4c(cc(-c5ccccc5)n4-c4ccc(C#N)cc4)cc32)cc1. The first-order valence-electron chi connectivity index (χ1n) is 13.1. The van der Waals surface area contributed by atoms with Crippen LogP contribution in [0.15, 0.2) is 133 Å². The highest BCUT2D eigenvalue weighted by molar-refractivity contribution is 6.02. The van der Waals surface area contributed by atoms with Crippen molar-refractivity contribution < 1.29 is 0 Å². The van der Waals surface area contributed by atoms with Gasteiger partial charge in [-0.15, -0.1) is 0 Å². The lowest BCUT2D eigenvalue weighted by molar-refractivity contribution is 1.13. The summed E-state index contributed by atoms with van der Waals surface area (Å²) in [5, 5.41) is 20.9. The zero-order valence-electron chi connectivity index (χ0n) is 21.5. The third-order valence-corrected chi connectivity index (χ3v) is 7.37. The fourth-order valence-electron chi connectivity index (χ4n) is 5.48. The summed E-state index contributed by atoms with van der Waals surface area (Å²) in [7, 11) is 0. The van der Waals surface area contributed by atoms with Gasteiger partial charge < -0.3 is 9.13 Å². The molecule has 0 spiro atoms. The minimum Gasteiger partial charge on any atom is -0.309 e. The summed E-state index contributed by atoms with van der Waals surface area (Å²) in [6.45, 7) is 0. The molecule has 5 aromatic carbocycles. The van der Waals surface area contributed by atoms with Crippen LogP contribution in [0.4, 0.5) is 0 Å². The number of hydrogen-bond acceptors (Lipinski definition) is 2. The molecule has 0 atom stereocenters. The van der Waals surface area contributed by atoms with Crippen LogP contribution in [0, 0.1) is 22.7 Å². The first-order chi connectivity index (χ1) is 19.7. The Balaban J connectivity index is 1.54. The second-order valence-electron chi connectivity index (χ2n) is 9.75. The number of nitriles is 2. The molecule has 2 aromatic heterocycles. The van der Waals surface area contributed by atoms with Crippen LogP contribution in [-0.2, 0) is 0 Å². The third-order valence-electron chi connectivity index (χ3n) is 7.37. The molecule has 4 nitrogen and oxygen atoms in total. The molecule has 2 heterocycles. The maximum absolute atomic E-state index is 9.35. The van der Waals surface area contributed by atoms with Crippen molar-refractivity contribution in [2.45, 2.75) is 0 Å². The van der Waals surface area contributed by atoms with E-state index in [9.17, 15) is 10.5 Å². The Morgan fingerprint density at radius 3 is 1.15 bits per heavy atom. The van der Waals surface area contributed by atoms with Gasteiger partial charge in [0.2, 0.25) is 0 Å². The predicted molar refractivity (Wildman–Crippen MR) is 160 cm³/mol. The summed E-state index contributed by atoms with van der Waals surface area (Å²) >= 11 is 0. The number of rotatable bonds is 4. The lowest BCUT2D eigenvalue weighted by Gasteiger charge is -2.13. The van der Waals surface area contributed by atoms with Gasteiger partial charge in [0.1, 0.15) is 0 Å². The lowest BCUT2D eigenvalue weighted by Crippen LogP contribution is -1.98. The summed E-state index contributed by atoms with van der Waals surface area (Å²) in [6.07, 6.45) is 0. The van der Waals surface area contributed by atoms with E-state index in [1.54, 1.807) is 0 Å². The first kappa shape index (κ1) is 23.3. The van der Waals surface area contributed by atoms with Crippen molar-refractivity contribution in [2.24, 2.45) is 0 Å². The van der Waals surface area contributed by atoms with Gasteiger partial charge in [-0.05, 0) is 83.9 Å². The van der Waals surface area contributed by atoms with Crippen molar-refractivity contribution in [2.75, 3.05) is 0 Å². The number of fused-ring (bicyclic) bond motifs is 2. The van der Waals surface area contributed by atoms with Gasteiger partial charge in [0, 0.05) is 22.1 Å². The second kappa shape index (κ2) is 9.48. The molecular weight excluding hydrogens is 488 g/mol. The predicted octanol–water partition coefficient (Wildman–Crippen LogP) is 8.65. The fraction of sp³-hybridized carbons (Fsp3) is 0. The monoisotopic (exact) mass is 510 g/mol. The van der Waals surface area contributed by atoms with E-state index in [-0.39, 0.29) is 0 Å². The number of nitrogens with zero attached hydrogens (tertiary/aromatic N) is 4. The Hall–Kier alpha value is -5.84. The topological polar surface area (TPSA) is 57.4 Å². The van der Waals surface area contributed by atoms with Crippen LogP contribution >= 0.6 is 0 Å².